The lowest BCUT2D eigenvalue weighted by Crippen LogP contribution is -2.36. The van der Waals surface area contributed by atoms with Gasteiger partial charge in [-0.25, -0.2) is 13.1 Å². The molecule has 126 valence electrons. The Balaban J connectivity index is 1.79. The van der Waals surface area contributed by atoms with Gasteiger partial charge in [0.2, 0.25) is 15.9 Å². The van der Waals surface area contributed by atoms with E-state index >= 15 is 0 Å². The third-order valence-corrected chi connectivity index (χ3v) is 5.23. The molecule has 1 heterocycles. The molecule has 1 amide bonds. The average Bonchev–Trinajstić information content (AvgIpc) is 2.89. The SMILES string of the molecule is CNS(=O)(=O)CC(=O)NCCn1c2ccccc2c2ccccc21. The third kappa shape index (κ3) is 3.27. The fourth-order valence-corrected chi connectivity index (χ4v) is 3.44. The molecule has 1 aromatic heterocycles. The zero-order valence-corrected chi connectivity index (χ0v) is 14.1. The Kier molecular flexibility index (Phi) is 4.55. The van der Waals surface area contributed by atoms with Crippen molar-refractivity contribution >= 4 is 37.7 Å². The molecule has 3 aromatic rings. The van der Waals surface area contributed by atoms with Gasteiger partial charge in [0.1, 0.15) is 5.75 Å². The summed E-state index contributed by atoms with van der Waals surface area (Å²) >= 11 is 0. The van der Waals surface area contributed by atoms with Gasteiger partial charge in [-0.3, -0.25) is 4.79 Å². The van der Waals surface area contributed by atoms with Crippen LogP contribution in [0.3, 0.4) is 0 Å². The van der Waals surface area contributed by atoms with E-state index in [9.17, 15) is 13.2 Å². The van der Waals surface area contributed by atoms with Gasteiger partial charge in [-0.2, -0.15) is 0 Å². The molecule has 0 saturated carbocycles. The van der Waals surface area contributed by atoms with E-state index in [1.165, 1.54) is 7.05 Å². The summed E-state index contributed by atoms with van der Waals surface area (Å²) in [6.07, 6.45) is 0. The Morgan fingerprint density at radius 1 is 1.00 bits per heavy atom. The molecule has 0 saturated heterocycles. The monoisotopic (exact) mass is 345 g/mol. The Bertz CT molecular complexity index is 939. The second kappa shape index (κ2) is 6.62. The number of aromatic nitrogens is 1. The number of carbonyl (C=O) groups is 1. The van der Waals surface area contributed by atoms with Crippen molar-refractivity contribution in [2.24, 2.45) is 0 Å². The van der Waals surface area contributed by atoms with Gasteiger partial charge in [0.15, 0.2) is 0 Å². The predicted molar refractivity (Wildman–Crippen MR) is 95.3 cm³/mol. The first-order valence-electron chi connectivity index (χ1n) is 7.66. The molecule has 7 heteroatoms. The smallest absolute Gasteiger partial charge is 0.236 e. The van der Waals surface area contributed by atoms with Crippen molar-refractivity contribution in [3.63, 3.8) is 0 Å². The standard InChI is InChI=1S/C17H19N3O3S/c1-18-24(22,23)12-17(21)19-10-11-20-15-8-4-2-6-13(15)14-7-3-5-9-16(14)20/h2-9,18H,10-12H2,1H3,(H,19,21). The Morgan fingerprint density at radius 2 is 1.54 bits per heavy atom. The molecular weight excluding hydrogens is 326 g/mol. The van der Waals surface area contributed by atoms with E-state index in [2.05, 4.69) is 26.7 Å². The van der Waals surface area contributed by atoms with Gasteiger partial charge >= 0.3 is 0 Å². The van der Waals surface area contributed by atoms with E-state index in [1.54, 1.807) is 0 Å². The minimum absolute atomic E-state index is 0.362. The minimum Gasteiger partial charge on any atom is -0.353 e. The van der Waals surface area contributed by atoms with E-state index < -0.39 is 21.7 Å². The van der Waals surface area contributed by atoms with Crippen LogP contribution in [0.15, 0.2) is 48.5 Å². The molecule has 0 unspecified atom stereocenters. The molecule has 0 aliphatic heterocycles. The number of hydrogen-bond donors (Lipinski definition) is 2. The summed E-state index contributed by atoms with van der Waals surface area (Å²) in [6.45, 7) is 0.931. The molecule has 0 fully saturated rings. The zero-order chi connectivity index (χ0) is 17.2. The fraction of sp³-hybridized carbons (Fsp3) is 0.235. The summed E-state index contributed by atoms with van der Waals surface area (Å²) in [4.78, 5) is 11.7. The maximum absolute atomic E-state index is 11.7. The molecule has 24 heavy (non-hydrogen) atoms. The van der Waals surface area contributed by atoms with Gasteiger partial charge in [0.05, 0.1) is 0 Å². The summed E-state index contributed by atoms with van der Waals surface area (Å²) in [7, 11) is -2.25. The first-order chi connectivity index (χ1) is 11.5. The van der Waals surface area contributed by atoms with Crippen LogP contribution in [-0.4, -0.2) is 38.2 Å². The second-order valence-corrected chi connectivity index (χ2v) is 7.43. The Labute approximate surface area is 140 Å². The molecule has 3 rings (SSSR count). The van der Waals surface area contributed by atoms with Gasteiger partial charge in [-0.1, -0.05) is 36.4 Å². The second-order valence-electron chi connectivity index (χ2n) is 5.50. The van der Waals surface area contributed by atoms with Crippen LogP contribution < -0.4 is 10.0 Å². The van der Waals surface area contributed by atoms with Gasteiger partial charge < -0.3 is 9.88 Å². The summed E-state index contributed by atoms with van der Waals surface area (Å²) in [5, 5.41) is 4.99. The molecule has 2 aromatic carbocycles. The van der Waals surface area contributed by atoms with Crippen LogP contribution in [0.5, 0.6) is 0 Å². The van der Waals surface area contributed by atoms with Crippen LogP contribution in [0.1, 0.15) is 0 Å². The van der Waals surface area contributed by atoms with Gasteiger partial charge in [-0.05, 0) is 19.2 Å². The maximum atomic E-state index is 11.7. The molecule has 0 aliphatic rings. The van der Waals surface area contributed by atoms with Crippen molar-refractivity contribution in [3.05, 3.63) is 48.5 Å². The largest absolute Gasteiger partial charge is 0.353 e. The van der Waals surface area contributed by atoms with Gasteiger partial charge in [-0.15, -0.1) is 0 Å². The number of rotatable bonds is 6. The summed E-state index contributed by atoms with van der Waals surface area (Å²) in [5.41, 5.74) is 2.19. The number of hydrogen-bond acceptors (Lipinski definition) is 3. The quantitative estimate of drug-likeness (QED) is 0.710. The predicted octanol–water partition coefficient (Wildman–Crippen LogP) is 1.46. The normalized spacial score (nSPS) is 11.9. The van der Waals surface area contributed by atoms with Crippen LogP contribution in [0.2, 0.25) is 0 Å². The van der Waals surface area contributed by atoms with Crippen molar-refractivity contribution in [3.8, 4) is 0 Å². The highest BCUT2D eigenvalue weighted by molar-refractivity contribution is 7.90. The number of nitrogens with zero attached hydrogens (tertiary/aromatic N) is 1. The van der Waals surface area contributed by atoms with Crippen molar-refractivity contribution in [1.29, 1.82) is 0 Å². The third-order valence-electron chi connectivity index (χ3n) is 3.97. The number of benzene rings is 2. The lowest BCUT2D eigenvalue weighted by atomic mass is 10.2. The highest BCUT2D eigenvalue weighted by atomic mass is 32.2. The van der Waals surface area contributed by atoms with Crippen LogP contribution >= 0.6 is 0 Å². The fourth-order valence-electron chi connectivity index (χ4n) is 2.85. The number of nitrogens with one attached hydrogen (secondary N) is 2. The number of carbonyl (C=O) groups excluding carboxylic acids is 1. The Hall–Kier alpha value is -2.38. The van der Waals surface area contributed by atoms with E-state index in [0.29, 0.717) is 13.1 Å². The molecule has 0 radical (unpaired) electrons. The maximum Gasteiger partial charge on any atom is 0.236 e. The van der Waals surface area contributed by atoms with Crippen molar-refractivity contribution < 1.29 is 13.2 Å². The van der Waals surface area contributed by atoms with Crippen LogP contribution in [-0.2, 0) is 21.4 Å². The number of fused-ring (bicyclic) bond motifs is 3. The van der Waals surface area contributed by atoms with E-state index in [0.717, 1.165) is 21.8 Å². The first kappa shape index (κ1) is 16.5. The lowest BCUT2D eigenvalue weighted by molar-refractivity contribution is -0.118. The van der Waals surface area contributed by atoms with E-state index in [4.69, 9.17) is 0 Å². The summed E-state index contributed by atoms with van der Waals surface area (Å²) in [6, 6.07) is 16.2. The molecule has 0 atom stereocenters. The molecule has 0 spiro atoms. The van der Waals surface area contributed by atoms with E-state index in [1.807, 2.05) is 36.4 Å². The summed E-state index contributed by atoms with van der Waals surface area (Å²) in [5.74, 6) is -1.07. The minimum atomic E-state index is -3.54. The molecule has 6 nitrogen and oxygen atoms in total. The van der Waals surface area contributed by atoms with Crippen LogP contribution in [0.25, 0.3) is 21.8 Å². The lowest BCUT2D eigenvalue weighted by Gasteiger charge is -2.09. The molecule has 2 N–H and O–H groups in total. The van der Waals surface area contributed by atoms with Gasteiger partial charge in [0.25, 0.3) is 0 Å². The highest BCUT2D eigenvalue weighted by Gasteiger charge is 2.14. The highest BCUT2D eigenvalue weighted by Crippen LogP contribution is 2.28. The summed E-state index contributed by atoms with van der Waals surface area (Å²) < 4.78 is 27.0. The Morgan fingerprint density at radius 3 is 2.08 bits per heavy atom. The zero-order valence-electron chi connectivity index (χ0n) is 13.3. The van der Waals surface area contributed by atoms with Crippen molar-refractivity contribution in [2.75, 3.05) is 19.3 Å². The number of amides is 1. The average molecular weight is 345 g/mol. The van der Waals surface area contributed by atoms with Crippen LogP contribution in [0, 0.1) is 0 Å². The first-order valence-corrected chi connectivity index (χ1v) is 9.31. The van der Waals surface area contributed by atoms with Crippen molar-refractivity contribution in [1.82, 2.24) is 14.6 Å². The van der Waals surface area contributed by atoms with Gasteiger partial charge in [0, 0.05) is 34.9 Å². The number of para-hydroxylation sites is 2. The molecular formula is C17H19N3O3S. The van der Waals surface area contributed by atoms with Crippen molar-refractivity contribution in [2.45, 2.75) is 6.54 Å². The topological polar surface area (TPSA) is 80.2 Å². The molecule has 0 aliphatic carbocycles. The molecule has 0 bridgehead atoms. The van der Waals surface area contributed by atoms with E-state index in [-0.39, 0.29) is 0 Å². The van der Waals surface area contributed by atoms with Crippen LogP contribution in [0.4, 0.5) is 0 Å². The number of sulfonamides is 1.